The van der Waals surface area contributed by atoms with Gasteiger partial charge < -0.3 is 9.47 Å². The van der Waals surface area contributed by atoms with E-state index in [-0.39, 0.29) is 0 Å². The molecule has 1 rings (SSSR count). The summed E-state index contributed by atoms with van der Waals surface area (Å²) in [6.45, 7) is 5.90. The van der Waals surface area contributed by atoms with Gasteiger partial charge in [-0.2, -0.15) is 0 Å². The second-order valence-corrected chi connectivity index (χ2v) is 4.25. The van der Waals surface area contributed by atoms with E-state index in [0.29, 0.717) is 0 Å². The molecule has 0 amide bonds. The number of hydrogen-bond donors (Lipinski definition) is 0. The molecule has 1 aromatic heterocycles. The summed E-state index contributed by atoms with van der Waals surface area (Å²) in [4.78, 5) is 0. The van der Waals surface area contributed by atoms with Crippen molar-refractivity contribution in [2.45, 2.75) is 39.5 Å². The summed E-state index contributed by atoms with van der Waals surface area (Å²) in [5, 5.41) is 4.02. The molecular weight excluding hydrogens is 208 g/mol. The Balaban J connectivity index is 2.32. The molecular formula is C12H20O2S. The fourth-order valence-corrected chi connectivity index (χ4v) is 1.82. The Kier molecular flexibility index (Phi) is 6.25. The van der Waals surface area contributed by atoms with Crippen molar-refractivity contribution < 1.29 is 9.47 Å². The van der Waals surface area contributed by atoms with Crippen molar-refractivity contribution in [3.05, 3.63) is 10.8 Å². The van der Waals surface area contributed by atoms with Crippen molar-refractivity contribution in [2.75, 3.05) is 13.2 Å². The summed E-state index contributed by atoms with van der Waals surface area (Å²) in [6, 6.07) is 0. The van der Waals surface area contributed by atoms with Gasteiger partial charge in [-0.1, -0.05) is 26.7 Å². The summed E-state index contributed by atoms with van der Waals surface area (Å²) in [6.07, 6.45) is 4.53. The molecule has 0 radical (unpaired) electrons. The molecule has 0 atom stereocenters. The Morgan fingerprint density at radius 1 is 0.933 bits per heavy atom. The first-order chi connectivity index (χ1) is 7.38. The van der Waals surface area contributed by atoms with Gasteiger partial charge in [-0.25, -0.2) is 0 Å². The largest absolute Gasteiger partial charge is 0.489 e. The summed E-state index contributed by atoms with van der Waals surface area (Å²) in [5.74, 6) is 1.81. The molecule has 0 saturated carbocycles. The first-order valence-corrected chi connectivity index (χ1v) is 6.64. The first-order valence-electron chi connectivity index (χ1n) is 5.70. The lowest BCUT2D eigenvalue weighted by Gasteiger charge is -2.07. The van der Waals surface area contributed by atoms with E-state index in [9.17, 15) is 0 Å². The topological polar surface area (TPSA) is 18.5 Å². The molecule has 15 heavy (non-hydrogen) atoms. The summed E-state index contributed by atoms with van der Waals surface area (Å²) in [7, 11) is 0. The molecule has 0 aromatic carbocycles. The maximum absolute atomic E-state index is 5.63. The van der Waals surface area contributed by atoms with Gasteiger partial charge in [0.2, 0.25) is 0 Å². The van der Waals surface area contributed by atoms with E-state index < -0.39 is 0 Å². The predicted molar refractivity (Wildman–Crippen MR) is 65.1 cm³/mol. The summed E-state index contributed by atoms with van der Waals surface area (Å²) < 4.78 is 11.3. The fraction of sp³-hybridized carbons (Fsp3) is 0.667. The second-order valence-electron chi connectivity index (χ2n) is 3.50. The van der Waals surface area contributed by atoms with Crippen LogP contribution < -0.4 is 9.47 Å². The van der Waals surface area contributed by atoms with Crippen molar-refractivity contribution >= 4 is 11.3 Å². The Morgan fingerprint density at radius 3 is 1.80 bits per heavy atom. The lowest BCUT2D eigenvalue weighted by Crippen LogP contribution is -2.00. The predicted octanol–water partition coefficient (Wildman–Crippen LogP) is 4.11. The third-order valence-corrected chi connectivity index (χ3v) is 2.80. The van der Waals surface area contributed by atoms with Gasteiger partial charge in [0, 0.05) is 10.8 Å². The van der Waals surface area contributed by atoms with Crippen LogP contribution in [0.2, 0.25) is 0 Å². The van der Waals surface area contributed by atoms with Crippen LogP contribution in [0.25, 0.3) is 0 Å². The average Bonchev–Trinajstić information content (AvgIpc) is 2.67. The minimum Gasteiger partial charge on any atom is -0.489 e. The highest BCUT2D eigenvalue weighted by molar-refractivity contribution is 7.08. The molecule has 0 N–H and O–H groups in total. The molecule has 0 aliphatic heterocycles. The van der Waals surface area contributed by atoms with E-state index in [1.807, 2.05) is 10.8 Å². The normalized spacial score (nSPS) is 10.3. The van der Waals surface area contributed by atoms with Crippen LogP contribution in [0.1, 0.15) is 39.5 Å². The molecule has 2 nitrogen and oxygen atoms in total. The molecule has 0 bridgehead atoms. The Hall–Kier alpha value is -0.700. The lowest BCUT2D eigenvalue weighted by atomic mass is 10.3. The highest BCUT2D eigenvalue weighted by atomic mass is 32.1. The van der Waals surface area contributed by atoms with Crippen LogP contribution in [0.4, 0.5) is 0 Å². The zero-order valence-corrected chi connectivity index (χ0v) is 10.4. The van der Waals surface area contributed by atoms with Crippen LogP contribution in [-0.4, -0.2) is 13.2 Å². The number of ether oxygens (including phenoxy) is 2. The van der Waals surface area contributed by atoms with Crippen LogP contribution in [0.15, 0.2) is 10.8 Å². The Bertz CT molecular complexity index is 233. The molecule has 0 aliphatic carbocycles. The Morgan fingerprint density at radius 2 is 1.40 bits per heavy atom. The molecule has 0 fully saturated rings. The molecule has 0 spiro atoms. The van der Waals surface area contributed by atoms with Crippen LogP contribution in [0.5, 0.6) is 11.5 Å². The molecule has 3 heteroatoms. The van der Waals surface area contributed by atoms with Crippen LogP contribution in [0.3, 0.4) is 0 Å². The quantitative estimate of drug-likeness (QED) is 0.623. The smallest absolute Gasteiger partial charge is 0.171 e. The van der Waals surface area contributed by atoms with E-state index in [4.69, 9.17) is 9.47 Å². The van der Waals surface area contributed by atoms with Crippen LogP contribution >= 0.6 is 11.3 Å². The van der Waals surface area contributed by atoms with E-state index in [0.717, 1.165) is 50.4 Å². The molecule has 1 heterocycles. The van der Waals surface area contributed by atoms with Crippen molar-refractivity contribution in [1.82, 2.24) is 0 Å². The van der Waals surface area contributed by atoms with E-state index in [1.54, 1.807) is 11.3 Å². The van der Waals surface area contributed by atoms with Gasteiger partial charge in [0.1, 0.15) is 0 Å². The summed E-state index contributed by atoms with van der Waals surface area (Å²) >= 11 is 1.63. The average molecular weight is 228 g/mol. The molecule has 1 aromatic rings. The van der Waals surface area contributed by atoms with Gasteiger partial charge >= 0.3 is 0 Å². The third kappa shape index (κ3) is 4.56. The van der Waals surface area contributed by atoms with Crippen molar-refractivity contribution in [3.63, 3.8) is 0 Å². The van der Waals surface area contributed by atoms with Crippen molar-refractivity contribution in [2.24, 2.45) is 0 Å². The second kappa shape index (κ2) is 7.57. The van der Waals surface area contributed by atoms with Crippen LogP contribution in [0, 0.1) is 0 Å². The number of hydrogen-bond acceptors (Lipinski definition) is 3. The minimum atomic E-state index is 0.789. The number of thiophene rings is 1. The van der Waals surface area contributed by atoms with E-state index in [1.165, 1.54) is 0 Å². The SMILES string of the molecule is CCCCOc1cscc1OCCCC. The van der Waals surface area contributed by atoms with E-state index >= 15 is 0 Å². The van der Waals surface area contributed by atoms with Crippen molar-refractivity contribution in [3.8, 4) is 11.5 Å². The number of unbranched alkanes of at least 4 members (excludes halogenated alkanes) is 2. The van der Waals surface area contributed by atoms with Gasteiger partial charge in [0.15, 0.2) is 11.5 Å². The lowest BCUT2D eigenvalue weighted by molar-refractivity contribution is 0.264. The monoisotopic (exact) mass is 228 g/mol. The molecule has 0 saturated heterocycles. The van der Waals surface area contributed by atoms with Gasteiger partial charge in [0.05, 0.1) is 13.2 Å². The standard InChI is InChI=1S/C12H20O2S/c1-3-5-7-13-11-9-15-10-12(11)14-8-6-4-2/h9-10H,3-8H2,1-2H3. The maximum atomic E-state index is 5.63. The minimum absolute atomic E-state index is 0.789. The van der Waals surface area contributed by atoms with Gasteiger partial charge in [-0.3, -0.25) is 0 Å². The third-order valence-electron chi connectivity index (χ3n) is 2.10. The Labute approximate surface area is 96.2 Å². The van der Waals surface area contributed by atoms with E-state index in [2.05, 4.69) is 13.8 Å². The summed E-state index contributed by atoms with van der Waals surface area (Å²) in [5.41, 5.74) is 0. The zero-order chi connectivity index (χ0) is 10.9. The molecule has 0 aliphatic rings. The van der Waals surface area contributed by atoms with Gasteiger partial charge in [-0.05, 0) is 12.8 Å². The first kappa shape index (κ1) is 12.4. The molecule has 0 unspecified atom stereocenters. The fourth-order valence-electron chi connectivity index (χ4n) is 1.14. The van der Waals surface area contributed by atoms with Gasteiger partial charge in [0.25, 0.3) is 0 Å². The maximum Gasteiger partial charge on any atom is 0.171 e. The van der Waals surface area contributed by atoms with Gasteiger partial charge in [-0.15, -0.1) is 11.3 Å². The highest BCUT2D eigenvalue weighted by Crippen LogP contribution is 2.31. The number of rotatable bonds is 8. The highest BCUT2D eigenvalue weighted by Gasteiger charge is 2.05. The zero-order valence-electron chi connectivity index (χ0n) is 9.62. The van der Waals surface area contributed by atoms with Crippen LogP contribution in [-0.2, 0) is 0 Å². The van der Waals surface area contributed by atoms with Crippen molar-refractivity contribution in [1.29, 1.82) is 0 Å². The molecule has 86 valence electrons.